The fourth-order valence-corrected chi connectivity index (χ4v) is 2.89. The molecule has 3 rings (SSSR count). The van der Waals surface area contributed by atoms with Crippen LogP contribution < -0.4 is 11.5 Å². The lowest BCUT2D eigenvalue weighted by atomic mass is 10.1. The summed E-state index contributed by atoms with van der Waals surface area (Å²) in [5.41, 5.74) is 12.5. The van der Waals surface area contributed by atoms with Gasteiger partial charge in [0.05, 0.1) is 18.5 Å². The number of nitrogen functional groups attached to an aromatic ring is 1. The zero-order chi connectivity index (χ0) is 16.4. The second-order valence-electron chi connectivity index (χ2n) is 5.92. The fourth-order valence-electron chi connectivity index (χ4n) is 2.89. The van der Waals surface area contributed by atoms with E-state index in [-0.39, 0.29) is 12.3 Å². The summed E-state index contributed by atoms with van der Waals surface area (Å²) in [6.07, 6.45) is 3.36. The first-order chi connectivity index (χ1) is 11.1. The Balaban J connectivity index is 1.71. The van der Waals surface area contributed by atoms with E-state index in [1.807, 2.05) is 7.05 Å². The van der Waals surface area contributed by atoms with Crippen molar-refractivity contribution in [3.8, 4) is 0 Å². The Morgan fingerprint density at radius 1 is 1.43 bits per heavy atom. The molecule has 0 amide bonds. The van der Waals surface area contributed by atoms with Crippen LogP contribution in [-0.2, 0) is 4.74 Å². The molecule has 126 valence electrons. The van der Waals surface area contributed by atoms with Crippen LogP contribution in [-0.4, -0.2) is 68.4 Å². The van der Waals surface area contributed by atoms with Crippen molar-refractivity contribution in [1.29, 1.82) is 0 Å². The molecular weight excluding hydrogens is 298 g/mol. The number of nitrogens with zero attached hydrogens (tertiary/aromatic N) is 5. The van der Waals surface area contributed by atoms with E-state index in [9.17, 15) is 5.11 Å². The minimum atomic E-state index is -0.531. The maximum absolute atomic E-state index is 10.3. The molecule has 9 nitrogen and oxygen atoms in total. The van der Waals surface area contributed by atoms with Crippen LogP contribution >= 0.6 is 0 Å². The van der Waals surface area contributed by atoms with E-state index in [0.717, 1.165) is 13.0 Å². The van der Waals surface area contributed by atoms with Crippen molar-refractivity contribution in [2.75, 3.05) is 32.4 Å². The SMILES string of the molecule is CN(CCCN)CC1O[C@@H](n2cnc3c(N)ncnc32)C[C@@H]1O. The lowest BCUT2D eigenvalue weighted by Crippen LogP contribution is -2.36. The number of imidazole rings is 1. The first-order valence-electron chi connectivity index (χ1n) is 7.75. The molecule has 2 aromatic rings. The normalized spacial score (nSPS) is 24.8. The van der Waals surface area contributed by atoms with Crippen LogP contribution in [0.5, 0.6) is 0 Å². The van der Waals surface area contributed by atoms with Gasteiger partial charge in [-0.3, -0.25) is 4.57 Å². The van der Waals surface area contributed by atoms with E-state index < -0.39 is 6.10 Å². The molecule has 0 aromatic carbocycles. The van der Waals surface area contributed by atoms with Crippen molar-refractivity contribution < 1.29 is 9.84 Å². The summed E-state index contributed by atoms with van der Waals surface area (Å²) in [7, 11) is 2.00. The monoisotopic (exact) mass is 321 g/mol. The number of ether oxygens (including phenoxy) is 1. The summed E-state index contributed by atoms with van der Waals surface area (Å²) in [5.74, 6) is 0.338. The van der Waals surface area contributed by atoms with Gasteiger partial charge < -0.3 is 26.2 Å². The number of nitrogens with two attached hydrogens (primary N) is 2. The summed E-state index contributed by atoms with van der Waals surface area (Å²) in [5, 5.41) is 10.3. The van der Waals surface area contributed by atoms with E-state index in [2.05, 4.69) is 19.9 Å². The summed E-state index contributed by atoms with van der Waals surface area (Å²) < 4.78 is 7.82. The van der Waals surface area contributed by atoms with Crippen molar-refractivity contribution in [2.24, 2.45) is 5.73 Å². The predicted octanol–water partition coefficient (Wildman–Crippen LogP) is -0.662. The Kier molecular flexibility index (Phi) is 4.71. The molecule has 0 aliphatic carbocycles. The van der Waals surface area contributed by atoms with Crippen LogP contribution in [0.3, 0.4) is 0 Å². The van der Waals surface area contributed by atoms with Gasteiger partial charge in [0.2, 0.25) is 0 Å². The Labute approximate surface area is 134 Å². The zero-order valence-electron chi connectivity index (χ0n) is 13.2. The average molecular weight is 321 g/mol. The molecule has 1 aliphatic rings. The van der Waals surface area contributed by atoms with Gasteiger partial charge in [-0.05, 0) is 26.6 Å². The van der Waals surface area contributed by atoms with Crippen LogP contribution in [0.15, 0.2) is 12.7 Å². The lowest BCUT2D eigenvalue weighted by molar-refractivity contribution is -0.0302. The largest absolute Gasteiger partial charge is 0.390 e. The number of hydrogen-bond acceptors (Lipinski definition) is 8. The summed E-state index contributed by atoms with van der Waals surface area (Å²) in [6, 6.07) is 0. The van der Waals surface area contributed by atoms with Crippen molar-refractivity contribution in [2.45, 2.75) is 31.3 Å². The first kappa shape index (κ1) is 16.1. The third-order valence-corrected chi connectivity index (χ3v) is 4.14. The average Bonchev–Trinajstić information content (AvgIpc) is 3.10. The lowest BCUT2D eigenvalue weighted by Gasteiger charge is -2.22. The number of likely N-dealkylation sites (N-methyl/N-ethyl adjacent to an activating group) is 1. The van der Waals surface area contributed by atoms with Crippen molar-refractivity contribution in [3.63, 3.8) is 0 Å². The molecule has 1 aliphatic heterocycles. The van der Waals surface area contributed by atoms with E-state index in [1.54, 1.807) is 10.9 Å². The quantitative estimate of drug-likeness (QED) is 0.639. The molecule has 9 heteroatoms. The van der Waals surface area contributed by atoms with Gasteiger partial charge in [-0.15, -0.1) is 0 Å². The molecule has 0 spiro atoms. The molecule has 0 saturated carbocycles. The van der Waals surface area contributed by atoms with Crippen molar-refractivity contribution >= 4 is 17.0 Å². The second kappa shape index (κ2) is 6.75. The molecular formula is C14H23N7O2. The minimum Gasteiger partial charge on any atom is -0.390 e. The van der Waals surface area contributed by atoms with E-state index in [0.29, 0.717) is 36.5 Å². The Bertz CT molecular complexity index is 662. The molecule has 0 radical (unpaired) electrons. The van der Waals surface area contributed by atoms with Crippen molar-refractivity contribution in [3.05, 3.63) is 12.7 Å². The van der Waals surface area contributed by atoms with Gasteiger partial charge in [0, 0.05) is 13.0 Å². The first-order valence-corrected chi connectivity index (χ1v) is 7.75. The maximum atomic E-state index is 10.3. The topological polar surface area (TPSA) is 128 Å². The minimum absolute atomic E-state index is 0.251. The number of aliphatic hydroxyl groups excluding tert-OH is 1. The van der Waals surface area contributed by atoms with E-state index in [4.69, 9.17) is 16.2 Å². The van der Waals surface area contributed by atoms with E-state index >= 15 is 0 Å². The van der Waals surface area contributed by atoms with Gasteiger partial charge >= 0.3 is 0 Å². The second-order valence-corrected chi connectivity index (χ2v) is 5.92. The number of hydrogen-bond donors (Lipinski definition) is 3. The maximum Gasteiger partial charge on any atom is 0.167 e. The molecule has 1 fully saturated rings. The number of fused-ring (bicyclic) bond motifs is 1. The highest BCUT2D eigenvalue weighted by atomic mass is 16.5. The third kappa shape index (κ3) is 3.27. The van der Waals surface area contributed by atoms with Crippen LogP contribution in [0.25, 0.3) is 11.2 Å². The summed E-state index contributed by atoms with van der Waals surface area (Å²) >= 11 is 0. The smallest absolute Gasteiger partial charge is 0.167 e. The van der Waals surface area contributed by atoms with Gasteiger partial charge in [0.25, 0.3) is 0 Å². The van der Waals surface area contributed by atoms with Gasteiger partial charge in [-0.1, -0.05) is 0 Å². The molecule has 2 aromatic heterocycles. The van der Waals surface area contributed by atoms with E-state index in [1.165, 1.54) is 6.33 Å². The molecule has 0 bridgehead atoms. The number of rotatable bonds is 6. The Morgan fingerprint density at radius 2 is 2.26 bits per heavy atom. The number of anilines is 1. The highest BCUT2D eigenvalue weighted by Crippen LogP contribution is 2.31. The molecule has 3 heterocycles. The number of aromatic nitrogens is 4. The Hall–Kier alpha value is -1.81. The van der Waals surface area contributed by atoms with Crippen LogP contribution in [0.1, 0.15) is 19.1 Å². The van der Waals surface area contributed by atoms with Crippen LogP contribution in [0.4, 0.5) is 5.82 Å². The van der Waals surface area contributed by atoms with Crippen LogP contribution in [0.2, 0.25) is 0 Å². The Morgan fingerprint density at radius 3 is 3.04 bits per heavy atom. The number of aliphatic hydroxyl groups is 1. The molecule has 3 atom stereocenters. The zero-order valence-corrected chi connectivity index (χ0v) is 13.2. The van der Waals surface area contributed by atoms with Crippen molar-refractivity contribution in [1.82, 2.24) is 24.4 Å². The van der Waals surface area contributed by atoms with Gasteiger partial charge in [-0.25, -0.2) is 15.0 Å². The van der Waals surface area contributed by atoms with Crippen LogP contribution in [0, 0.1) is 0 Å². The predicted molar refractivity (Wildman–Crippen MR) is 85.4 cm³/mol. The molecule has 1 saturated heterocycles. The summed E-state index contributed by atoms with van der Waals surface area (Å²) in [4.78, 5) is 14.5. The highest BCUT2D eigenvalue weighted by molar-refractivity contribution is 5.81. The molecule has 5 N–H and O–H groups in total. The standard InChI is InChI=1S/C14H23N7O2/c1-20(4-2-3-15)6-10-9(22)5-11(23-10)21-8-19-12-13(16)17-7-18-14(12)21/h7-11,22H,2-6,15H2,1H3,(H2,16,17,18)/t9-,10?,11+/m0/s1. The van der Waals surface area contributed by atoms with Gasteiger partial charge in [0.1, 0.15) is 18.1 Å². The van der Waals surface area contributed by atoms with Gasteiger partial charge in [0.15, 0.2) is 11.5 Å². The third-order valence-electron chi connectivity index (χ3n) is 4.14. The van der Waals surface area contributed by atoms with Gasteiger partial charge in [-0.2, -0.15) is 0 Å². The molecule has 1 unspecified atom stereocenters. The summed E-state index contributed by atoms with van der Waals surface area (Å²) in [6.45, 7) is 2.19. The highest BCUT2D eigenvalue weighted by Gasteiger charge is 2.36. The fraction of sp³-hybridized carbons (Fsp3) is 0.643. The molecule has 23 heavy (non-hydrogen) atoms.